The van der Waals surface area contributed by atoms with E-state index < -0.39 is 0 Å². The lowest BCUT2D eigenvalue weighted by Crippen LogP contribution is -2.44. The number of amides is 1. The number of hydrogen-bond donors (Lipinski definition) is 1. The van der Waals surface area contributed by atoms with E-state index in [4.69, 9.17) is 0 Å². The molecule has 2 aliphatic rings. The molecule has 2 aliphatic heterocycles. The normalized spacial score (nSPS) is 19.4. The maximum absolute atomic E-state index is 12.9. The maximum Gasteiger partial charge on any atom is 0.294 e. The first kappa shape index (κ1) is 23.5. The van der Waals surface area contributed by atoms with Crippen LogP contribution in [0.5, 0.6) is 0 Å². The van der Waals surface area contributed by atoms with Crippen LogP contribution in [-0.2, 0) is 18.4 Å². The van der Waals surface area contributed by atoms with E-state index >= 15 is 0 Å². The summed E-state index contributed by atoms with van der Waals surface area (Å²) in [5.41, 5.74) is 3.78. The van der Waals surface area contributed by atoms with Gasteiger partial charge in [0.1, 0.15) is 5.52 Å². The van der Waals surface area contributed by atoms with Gasteiger partial charge < -0.3 is 10.2 Å². The summed E-state index contributed by atoms with van der Waals surface area (Å²) in [6.45, 7) is 7.24. The van der Waals surface area contributed by atoms with Gasteiger partial charge in [0, 0.05) is 51.9 Å². The predicted octanol–water partition coefficient (Wildman–Crippen LogP) is 2.49. The molecule has 8 nitrogen and oxygen atoms in total. The zero-order valence-corrected chi connectivity index (χ0v) is 20.6. The zero-order chi connectivity index (χ0) is 24.4. The van der Waals surface area contributed by atoms with Crippen molar-refractivity contribution in [2.45, 2.75) is 32.7 Å². The number of pyridine rings is 1. The molecule has 184 valence electrons. The molecular weight excluding hydrogens is 440 g/mol. The molecule has 8 heteroatoms. The van der Waals surface area contributed by atoms with Crippen molar-refractivity contribution in [3.8, 4) is 0 Å². The number of nitrogens with one attached hydrogen (secondary N) is 1. The third kappa shape index (κ3) is 5.22. The van der Waals surface area contributed by atoms with E-state index in [1.165, 1.54) is 11.1 Å². The van der Waals surface area contributed by atoms with Gasteiger partial charge in [-0.25, -0.2) is 9.97 Å². The smallest absolute Gasteiger partial charge is 0.294 e. The molecular formula is C27H34N6O2. The summed E-state index contributed by atoms with van der Waals surface area (Å²) in [6.07, 6.45) is 4.24. The summed E-state index contributed by atoms with van der Waals surface area (Å²) in [4.78, 5) is 39.1. The van der Waals surface area contributed by atoms with Gasteiger partial charge in [0.15, 0.2) is 11.5 Å². The number of aromatic nitrogens is 3. The van der Waals surface area contributed by atoms with Gasteiger partial charge in [0.25, 0.3) is 5.56 Å². The van der Waals surface area contributed by atoms with Gasteiger partial charge in [0.2, 0.25) is 5.91 Å². The molecule has 1 aromatic carbocycles. The number of aryl methyl sites for hydroxylation is 2. The van der Waals surface area contributed by atoms with Crippen molar-refractivity contribution in [1.82, 2.24) is 24.8 Å². The molecule has 0 aliphatic carbocycles. The summed E-state index contributed by atoms with van der Waals surface area (Å²) in [5.74, 6) is 1.09. The van der Waals surface area contributed by atoms with E-state index in [0.717, 1.165) is 45.4 Å². The maximum atomic E-state index is 12.9. The summed E-state index contributed by atoms with van der Waals surface area (Å²) < 4.78 is 1.56. The fourth-order valence-electron chi connectivity index (χ4n) is 5.27. The van der Waals surface area contributed by atoms with Gasteiger partial charge in [-0.15, -0.1) is 0 Å². The molecule has 3 aromatic rings. The van der Waals surface area contributed by atoms with Crippen LogP contribution in [-0.4, -0.2) is 58.1 Å². The van der Waals surface area contributed by atoms with E-state index in [0.29, 0.717) is 36.0 Å². The number of piperidine rings is 1. The van der Waals surface area contributed by atoms with Gasteiger partial charge in [-0.3, -0.25) is 19.1 Å². The van der Waals surface area contributed by atoms with Crippen molar-refractivity contribution in [3.05, 3.63) is 64.1 Å². The lowest BCUT2D eigenvalue weighted by Gasteiger charge is -2.32. The van der Waals surface area contributed by atoms with Crippen LogP contribution in [0.4, 0.5) is 5.82 Å². The number of anilines is 1. The number of carbonyl (C=O) groups is 1. The van der Waals surface area contributed by atoms with Gasteiger partial charge in [-0.1, -0.05) is 29.8 Å². The minimum absolute atomic E-state index is 0.0118. The summed E-state index contributed by atoms with van der Waals surface area (Å²) in [6, 6.07) is 12.4. The first-order valence-corrected chi connectivity index (χ1v) is 12.6. The number of hydrogen-bond acceptors (Lipinski definition) is 6. The van der Waals surface area contributed by atoms with Crippen molar-refractivity contribution < 1.29 is 4.79 Å². The Labute approximate surface area is 206 Å². The monoisotopic (exact) mass is 474 g/mol. The Morgan fingerprint density at radius 2 is 1.86 bits per heavy atom. The second kappa shape index (κ2) is 10.2. The van der Waals surface area contributed by atoms with E-state index in [1.54, 1.807) is 17.8 Å². The molecule has 0 radical (unpaired) electrons. The largest absolute Gasteiger partial charge is 0.356 e. The summed E-state index contributed by atoms with van der Waals surface area (Å²) in [5, 5.41) is 3.21. The van der Waals surface area contributed by atoms with E-state index in [2.05, 4.69) is 51.4 Å². The van der Waals surface area contributed by atoms with E-state index in [1.807, 2.05) is 17.0 Å². The van der Waals surface area contributed by atoms with Crippen molar-refractivity contribution in [2.75, 3.05) is 37.6 Å². The Balaban J connectivity index is 1.10. The first-order valence-electron chi connectivity index (χ1n) is 12.6. The highest BCUT2D eigenvalue weighted by atomic mass is 16.2. The standard InChI is InChI=1S/C27H34N6O2/c1-19-5-7-20(8-6-19)17-32-13-9-21(18-32)16-29-26(34)22-10-14-33(15-11-22)25-27(35)31(2)24-23(30-25)4-3-12-28-24/h3-8,12,21-22H,9-11,13-18H2,1-2H3,(H,29,34)/t21-/m0/s1. The fraction of sp³-hybridized carbons (Fsp3) is 0.481. The lowest BCUT2D eigenvalue weighted by molar-refractivity contribution is -0.125. The number of likely N-dealkylation sites (tertiary alicyclic amines) is 1. The van der Waals surface area contributed by atoms with Crippen LogP contribution >= 0.6 is 0 Å². The number of rotatable bonds is 6. The predicted molar refractivity (Wildman–Crippen MR) is 137 cm³/mol. The number of fused-ring (bicyclic) bond motifs is 1. The Morgan fingerprint density at radius 1 is 1.09 bits per heavy atom. The van der Waals surface area contributed by atoms with Gasteiger partial charge >= 0.3 is 0 Å². The molecule has 0 unspecified atom stereocenters. The van der Waals surface area contributed by atoms with Crippen molar-refractivity contribution in [1.29, 1.82) is 0 Å². The van der Waals surface area contributed by atoms with Crippen LogP contribution in [0.25, 0.3) is 11.2 Å². The molecule has 2 aromatic heterocycles. The third-order valence-corrected chi connectivity index (χ3v) is 7.43. The van der Waals surface area contributed by atoms with Crippen LogP contribution in [0.2, 0.25) is 0 Å². The number of nitrogens with zero attached hydrogens (tertiary/aromatic N) is 5. The van der Waals surface area contributed by atoms with Crippen LogP contribution < -0.4 is 15.8 Å². The molecule has 35 heavy (non-hydrogen) atoms. The second-order valence-electron chi connectivity index (χ2n) is 10.0. The Bertz CT molecular complexity index is 1250. The summed E-state index contributed by atoms with van der Waals surface area (Å²) >= 11 is 0. The van der Waals surface area contributed by atoms with E-state index in [-0.39, 0.29) is 17.4 Å². The molecule has 5 rings (SSSR count). The quantitative estimate of drug-likeness (QED) is 0.591. The number of carbonyl (C=O) groups excluding carboxylic acids is 1. The highest BCUT2D eigenvalue weighted by Gasteiger charge is 2.29. The van der Waals surface area contributed by atoms with Crippen LogP contribution in [0.15, 0.2) is 47.4 Å². The highest BCUT2D eigenvalue weighted by molar-refractivity contribution is 5.79. The first-order chi connectivity index (χ1) is 17.0. The zero-order valence-electron chi connectivity index (χ0n) is 20.6. The average Bonchev–Trinajstić information content (AvgIpc) is 3.33. The molecule has 2 fully saturated rings. The second-order valence-corrected chi connectivity index (χ2v) is 10.0. The average molecular weight is 475 g/mol. The van der Waals surface area contributed by atoms with E-state index in [9.17, 15) is 9.59 Å². The minimum Gasteiger partial charge on any atom is -0.356 e. The van der Waals surface area contributed by atoms with Crippen LogP contribution in [0.1, 0.15) is 30.4 Å². The Hall–Kier alpha value is -3.26. The van der Waals surface area contributed by atoms with Crippen LogP contribution in [0.3, 0.4) is 0 Å². The van der Waals surface area contributed by atoms with Crippen molar-refractivity contribution in [2.24, 2.45) is 18.9 Å². The Morgan fingerprint density at radius 3 is 2.63 bits per heavy atom. The van der Waals surface area contributed by atoms with Crippen molar-refractivity contribution >= 4 is 22.9 Å². The molecule has 1 amide bonds. The molecule has 0 bridgehead atoms. The molecule has 1 N–H and O–H groups in total. The van der Waals surface area contributed by atoms with Crippen molar-refractivity contribution in [3.63, 3.8) is 0 Å². The fourth-order valence-corrected chi connectivity index (χ4v) is 5.27. The highest BCUT2D eigenvalue weighted by Crippen LogP contribution is 2.22. The van der Waals surface area contributed by atoms with Gasteiger partial charge in [-0.05, 0) is 56.3 Å². The topological polar surface area (TPSA) is 83.4 Å². The molecule has 2 saturated heterocycles. The number of benzene rings is 1. The minimum atomic E-state index is -0.143. The van der Waals surface area contributed by atoms with Gasteiger partial charge in [0.05, 0.1) is 0 Å². The Kier molecular flexibility index (Phi) is 6.81. The molecule has 0 spiro atoms. The lowest BCUT2D eigenvalue weighted by atomic mass is 9.95. The molecule has 0 saturated carbocycles. The molecule has 1 atom stereocenters. The van der Waals surface area contributed by atoms with Gasteiger partial charge in [-0.2, -0.15) is 0 Å². The summed E-state index contributed by atoms with van der Waals surface area (Å²) in [7, 11) is 1.73. The molecule has 4 heterocycles. The van der Waals surface area contributed by atoms with Crippen LogP contribution in [0, 0.1) is 18.8 Å². The SMILES string of the molecule is Cc1ccc(CN2CC[C@@H](CNC(=O)C3CCN(c4nc5cccnc5n(C)c4=O)CC3)C2)cc1. The third-order valence-electron chi connectivity index (χ3n) is 7.43.